The number of rotatable bonds is 9. The Bertz CT molecular complexity index is 1240. The molecule has 2 amide bonds. The first kappa shape index (κ1) is 27.8. The molecule has 0 radical (unpaired) electrons. The van der Waals surface area contributed by atoms with E-state index in [0.717, 1.165) is 5.56 Å². The quantitative estimate of drug-likeness (QED) is 0.394. The summed E-state index contributed by atoms with van der Waals surface area (Å²) in [6.45, 7) is 11.0. The van der Waals surface area contributed by atoms with Crippen LogP contribution < -0.4 is 10.6 Å². The van der Waals surface area contributed by atoms with E-state index in [1.807, 2.05) is 45.0 Å². The van der Waals surface area contributed by atoms with E-state index in [9.17, 15) is 18.8 Å². The van der Waals surface area contributed by atoms with Gasteiger partial charge < -0.3 is 15.1 Å². The molecule has 0 saturated carbocycles. The summed E-state index contributed by atoms with van der Waals surface area (Å²) in [6.07, 6.45) is 1.37. The summed E-state index contributed by atoms with van der Waals surface area (Å²) >= 11 is 0. The Kier molecular flexibility index (Phi) is 8.69. The summed E-state index contributed by atoms with van der Waals surface area (Å²) in [7, 11) is 0. The number of amides is 2. The number of halogens is 1. The first-order valence-electron chi connectivity index (χ1n) is 12.4. The van der Waals surface area contributed by atoms with Gasteiger partial charge in [0.15, 0.2) is 11.5 Å². The van der Waals surface area contributed by atoms with E-state index in [4.69, 9.17) is 4.42 Å². The number of hydrogen-bond acceptors (Lipinski definition) is 4. The van der Waals surface area contributed by atoms with E-state index in [1.165, 1.54) is 24.5 Å². The Morgan fingerprint density at radius 3 is 2.08 bits per heavy atom. The summed E-state index contributed by atoms with van der Waals surface area (Å²) in [6, 6.07) is 15.1. The molecular weight excluding hydrogens is 471 g/mol. The van der Waals surface area contributed by atoms with Crippen molar-refractivity contribution >= 4 is 17.6 Å². The van der Waals surface area contributed by atoms with Crippen molar-refractivity contribution in [2.75, 3.05) is 6.54 Å². The zero-order valence-electron chi connectivity index (χ0n) is 22.2. The fourth-order valence-corrected chi connectivity index (χ4v) is 4.23. The van der Waals surface area contributed by atoms with E-state index < -0.39 is 29.1 Å². The van der Waals surface area contributed by atoms with E-state index in [1.54, 1.807) is 19.1 Å². The van der Waals surface area contributed by atoms with E-state index >= 15 is 0 Å². The van der Waals surface area contributed by atoms with E-state index in [-0.39, 0.29) is 24.0 Å². The zero-order valence-corrected chi connectivity index (χ0v) is 22.2. The maximum absolute atomic E-state index is 14.2. The molecule has 0 aliphatic heterocycles. The summed E-state index contributed by atoms with van der Waals surface area (Å²) in [5.41, 5.74) is 2.07. The number of ketones is 1. The zero-order chi connectivity index (χ0) is 27.3. The lowest BCUT2D eigenvalue weighted by molar-refractivity contribution is -0.129. The summed E-state index contributed by atoms with van der Waals surface area (Å²) in [5, 5.41) is 5.60. The van der Waals surface area contributed by atoms with Gasteiger partial charge in [0.2, 0.25) is 5.91 Å². The molecule has 0 saturated heterocycles. The van der Waals surface area contributed by atoms with Crippen LogP contribution in [0.5, 0.6) is 0 Å². The highest BCUT2D eigenvalue weighted by molar-refractivity contribution is 6.00. The third-order valence-corrected chi connectivity index (χ3v) is 6.13. The highest BCUT2D eigenvalue weighted by Crippen LogP contribution is 2.36. The van der Waals surface area contributed by atoms with Crippen LogP contribution in [-0.2, 0) is 9.59 Å². The van der Waals surface area contributed by atoms with Gasteiger partial charge in [0.05, 0.1) is 24.6 Å². The Morgan fingerprint density at radius 1 is 0.919 bits per heavy atom. The lowest BCUT2D eigenvalue weighted by atomic mass is 9.77. The normalized spacial score (nSPS) is 13.2. The average molecular weight is 507 g/mol. The third kappa shape index (κ3) is 7.15. The van der Waals surface area contributed by atoms with E-state index in [0.29, 0.717) is 22.6 Å². The molecule has 0 aliphatic rings. The van der Waals surface area contributed by atoms with Gasteiger partial charge in [0.1, 0.15) is 5.82 Å². The number of nitrogens with one attached hydrogen (secondary N) is 2. The second-order valence-electron chi connectivity index (χ2n) is 10.7. The summed E-state index contributed by atoms with van der Waals surface area (Å²) in [4.78, 5) is 39.9. The van der Waals surface area contributed by atoms with Crippen molar-refractivity contribution in [3.05, 3.63) is 94.7 Å². The van der Waals surface area contributed by atoms with Gasteiger partial charge in [-0.1, -0.05) is 50.2 Å². The van der Waals surface area contributed by atoms with Crippen LogP contribution in [0.15, 0.2) is 65.3 Å². The lowest BCUT2D eigenvalue weighted by Crippen LogP contribution is -2.46. The molecule has 0 aliphatic carbocycles. The second kappa shape index (κ2) is 11.5. The monoisotopic (exact) mass is 506 g/mol. The van der Waals surface area contributed by atoms with Crippen LogP contribution in [0.4, 0.5) is 4.39 Å². The Labute approximate surface area is 217 Å². The molecule has 3 rings (SSSR count). The maximum Gasteiger partial charge on any atom is 0.287 e. The molecule has 7 heteroatoms. The topological polar surface area (TPSA) is 88.4 Å². The number of aryl methyl sites for hydroxylation is 1. The molecule has 2 N–H and O–H groups in total. The molecular formula is C30H35FN2O4. The van der Waals surface area contributed by atoms with Gasteiger partial charge in [-0.15, -0.1) is 0 Å². The first-order chi connectivity index (χ1) is 17.4. The Hall–Kier alpha value is -3.74. The number of carbonyl (C=O) groups excluding carboxylic acids is 3. The summed E-state index contributed by atoms with van der Waals surface area (Å²) in [5.74, 6) is -3.15. The Balaban J connectivity index is 2.07. The minimum absolute atomic E-state index is 0.0771. The fraction of sp³-hybridized carbons (Fsp3) is 0.367. The van der Waals surface area contributed by atoms with Crippen molar-refractivity contribution in [2.45, 2.75) is 64.8 Å². The van der Waals surface area contributed by atoms with Gasteiger partial charge in [-0.25, -0.2) is 4.39 Å². The van der Waals surface area contributed by atoms with Crippen LogP contribution >= 0.6 is 0 Å². The molecule has 0 fully saturated rings. The number of benzene rings is 2. The third-order valence-electron chi connectivity index (χ3n) is 6.13. The number of hydrogen-bond donors (Lipinski definition) is 2. The van der Waals surface area contributed by atoms with Crippen molar-refractivity contribution in [1.82, 2.24) is 10.6 Å². The minimum atomic E-state index is -0.969. The van der Waals surface area contributed by atoms with Crippen molar-refractivity contribution in [3.8, 4) is 0 Å². The molecule has 6 nitrogen and oxygen atoms in total. The van der Waals surface area contributed by atoms with Crippen LogP contribution in [0.25, 0.3) is 0 Å². The average Bonchev–Trinajstić information content (AvgIpc) is 3.37. The molecule has 196 valence electrons. The molecule has 1 aromatic heterocycles. The molecule has 2 atom stereocenters. The molecule has 0 unspecified atom stereocenters. The fourth-order valence-electron chi connectivity index (χ4n) is 4.23. The maximum atomic E-state index is 14.2. The standard InChI is InChI=1S/C30H35FN2O4/c1-18(2)20-9-11-21(12-10-20)27(29(36)33-30(4,5)6)26(22-13-14-23(31)19(3)16-22)24(34)17-32-28(35)25-8-7-15-37-25/h7-16,18,26-27H,17H2,1-6H3,(H,32,35)(H,33,36)/t26-,27-/m1/s1. The molecule has 3 aromatic rings. The predicted octanol–water partition coefficient (Wildman–Crippen LogP) is 5.63. The number of Topliss-reactive ketones (excluding diaryl/α,β-unsaturated/α-hetero) is 1. The van der Waals surface area contributed by atoms with Gasteiger partial charge in [0, 0.05) is 5.54 Å². The lowest BCUT2D eigenvalue weighted by Gasteiger charge is -2.30. The van der Waals surface area contributed by atoms with E-state index in [2.05, 4.69) is 24.5 Å². The van der Waals surface area contributed by atoms with Gasteiger partial charge in [0.25, 0.3) is 5.91 Å². The highest BCUT2D eigenvalue weighted by atomic mass is 19.1. The Morgan fingerprint density at radius 2 is 1.54 bits per heavy atom. The van der Waals surface area contributed by atoms with Gasteiger partial charge in [-0.05, 0) is 74.1 Å². The molecule has 37 heavy (non-hydrogen) atoms. The van der Waals surface area contributed by atoms with Gasteiger partial charge in [-0.3, -0.25) is 14.4 Å². The van der Waals surface area contributed by atoms with Crippen molar-refractivity contribution in [1.29, 1.82) is 0 Å². The molecule has 0 bridgehead atoms. The van der Waals surface area contributed by atoms with Crippen LogP contribution in [0.2, 0.25) is 0 Å². The van der Waals surface area contributed by atoms with Crippen molar-refractivity contribution in [3.63, 3.8) is 0 Å². The molecule has 1 heterocycles. The van der Waals surface area contributed by atoms with Crippen LogP contribution in [0.3, 0.4) is 0 Å². The number of furan rings is 1. The molecule has 0 spiro atoms. The van der Waals surface area contributed by atoms with Crippen molar-refractivity contribution < 1.29 is 23.2 Å². The predicted molar refractivity (Wildman–Crippen MR) is 141 cm³/mol. The second-order valence-corrected chi connectivity index (χ2v) is 10.7. The highest BCUT2D eigenvalue weighted by Gasteiger charge is 2.37. The minimum Gasteiger partial charge on any atom is -0.459 e. The van der Waals surface area contributed by atoms with Crippen LogP contribution in [0.1, 0.15) is 85.2 Å². The van der Waals surface area contributed by atoms with Crippen LogP contribution in [0, 0.1) is 12.7 Å². The SMILES string of the molecule is Cc1cc([C@H](C(=O)CNC(=O)c2ccco2)[C@H](C(=O)NC(C)(C)C)c2ccc(C(C)C)cc2)ccc1F. The molecule has 2 aromatic carbocycles. The van der Waals surface area contributed by atoms with Gasteiger partial charge in [-0.2, -0.15) is 0 Å². The van der Waals surface area contributed by atoms with Crippen molar-refractivity contribution in [2.24, 2.45) is 0 Å². The van der Waals surface area contributed by atoms with Gasteiger partial charge >= 0.3 is 0 Å². The largest absolute Gasteiger partial charge is 0.459 e. The smallest absolute Gasteiger partial charge is 0.287 e. The summed E-state index contributed by atoms with van der Waals surface area (Å²) < 4.78 is 19.3. The van der Waals surface area contributed by atoms with Crippen LogP contribution in [-0.4, -0.2) is 29.7 Å². The number of carbonyl (C=O) groups is 3. The first-order valence-corrected chi connectivity index (χ1v) is 12.4.